The van der Waals surface area contributed by atoms with Crippen LogP contribution in [0.1, 0.15) is 16.7 Å². The number of halogens is 5. The molecule has 1 aliphatic heterocycles. The van der Waals surface area contributed by atoms with Crippen LogP contribution < -0.4 is 4.74 Å². The molecular weight excluding hydrogens is 790 g/mol. The van der Waals surface area contributed by atoms with Crippen LogP contribution in [0.5, 0.6) is 5.75 Å². The number of hydrogen-bond donors (Lipinski definition) is 0. The van der Waals surface area contributed by atoms with Gasteiger partial charge in [-0.15, -0.1) is 0 Å². The van der Waals surface area contributed by atoms with Crippen molar-refractivity contribution in [1.82, 2.24) is 0 Å². The van der Waals surface area contributed by atoms with Gasteiger partial charge in [0.1, 0.15) is 12.4 Å². The van der Waals surface area contributed by atoms with Crippen molar-refractivity contribution in [3.8, 4) is 5.75 Å². The summed E-state index contributed by atoms with van der Waals surface area (Å²) in [5, 5.41) is 0.787. The Labute approximate surface area is 235 Å². The van der Waals surface area contributed by atoms with Gasteiger partial charge in [0.25, 0.3) is 0 Å². The molecule has 0 radical (unpaired) electrons. The molecule has 0 aromatic heterocycles. The average Bonchev–Trinajstić information content (AvgIpc) is 3.10. The summed E-state index contributed by atoms with van der Waals surface area (Å²) in [5.74, 6) is 0.484. The van der Waals surface area contributed by atoms with Crippen molar-refractivity contribution in [2.24, 2.45) is 4.99 Å². The lowest BCUT2D eigenvalue weighted by Gasteiger charge is -2.12. The summed E-state index contributed by atoms with van der Waals surface area (Å²) in [4.78, 5) is 16.7. The van der Waals surface area contributed by atoms with E-state index in [0.717, 1.165) is 24.0 Å². The second-order valence-corrected chi connectivity index (χ2v) is 11.1. The van der Waals surface area contributed by atoms with Crippen molar-refractivity contribution in [2.45, 2.75) is 6.61 Å². The van der Waals surface area contributed by atoms with Gasteiger partial charge in [0, 0.05) is 9.13 Å². The number of carbonyl (C=O) groups is 1. The van der Waals surface area contributed by atoms with Gasteiger partial charge in [-0.2, -0.15) is 0 Å². The molecule has 1 heterocycles. The van der Waals surface area contributed by atoms with Gasteiger partial charge in [-0.25, -0.2) is 9.79 Å². The van der Waals surface area contributed by atoms with Gasteiger partial charge in [0.2, 0.25) is 5.90 Å². The summed E-state index contributed by atoms with van der Waals surface area (Å²) in [6, 6.07) is 17.0. The molecule has 32 heavy (non-hydrogen) atoms. The molecule has 4 nitrogen and oxygen atoms in total. The first kappa shape index (κ1) is 24.2. The summed E-state index contributed by atoms with van der Waals surface area (Å²) in [5.41, 5.74) is 2.73. The Morgan fingerprint density at radius 1 is 0.969 bits per heavy atom. The van der Waals surface area contributed by atoms with E-state index in [1.165, 1.54) is 3.57 Å². The summed E-state index contributed by atoms with van der Waals surface area (Å²) in [7, 11) is 0. The highest BCUT2D eigenvalue weighted by Gasteiger charge is 2.25. The molecule has 0 unspecified atom stereocenters. The summed E-state index contributed by atoms with van der Waals surface area (Å²) < 4.78 is 14.4. The van der Waals surface area contributed by atoms with Crippen LogP contribution in [-0.4, -0.2) is 11.9 Å². The van der Waals surface area contributed by atoms with Crippen LogP contribution in [0.3, 0.4) is 0 Å². The Kier molecular flexibility index (Phi) is 8.01. The first-order chi connectivity index (χ1) is 15.3. The van der Waals surface area contributed by atoms with Crippen LogP contribution in [0.4, 0.5) is 0 Å². The smallest absolute Gasteiger partial charge is 0.363 e. The van der Waals surface area contributed by atoms with E-state index >= 15 is 0 Å². The Morgan fingerprint density at radius 3 is 2.41 bits per heavy atom. The Bertz CT molecular complexity index is 1270. The van der Waals surface area contributed by atoms with E-state index in [-0.39, 0.29) is 11.6 Å². The number of aliphatic imine (C=N–C) groups is 1. The number of carbonyl (C=O) groups excluding carboxylic acids is 1. The average molecular weight is 802 g/mol. The molecule has 0 aliphatic carbocycles. The number of ether oxygens (including phenoxy) is 2. The molecule has 0 spiro atoms. The van der Waals surface area contributed by atoms with Gasteiger partial charge in [-0.05, 0) is 127 Å². The molecule has 0 bridgehead atoms. The third kappa shape index (κ3) is 5.78. The van der Waals surface area contributed by atoms with Crippen molar-refractivity contribution in [3.63, 3.8) is 0 Å². The molecule has 162 valence electrons. The highest BCUT2D eigenvalue weighted by Crippen LogP contribution is 2.32. The lowest BCUT2D eigenvalue weighted by molar-refractivity contribution is -0.129. The maximum Gasteiger partial charge on any atom is 0.363 e. The van der Waals surface area contributed by atoms with Crippen molar-refractivity contribution >= 4 is 109 Å². The largest absolute Gasteiger partial charge is 0.487 e. The van der Waals surface area contributed by atoms with Gasteiger partial charge >= 0.3 is 5.97 Å². The standard InChI is InChI=1S/C23H12Cl2I3NO3/c24-16-5-4-14(10-17(16)25)22-29-20(23(30)32-22)9-13-7-18(27)21(19(28)8-13)31-11-12-2-1-3-15(26)6-12/h1-10H,11H2/b20-9-. The second-order valence-electron chi connectivity index (χ2n) is 6.70. The minimum atomic E-state index is -0.518. The maximum absolute atomic E-state index is 12.3. The fraction of sp³-hybridized carbons (Fsp3) is 0.0435. The Hall–Kier alpha value is -0.890. The highest BCUT2D eigenvalue weighted by atomic mass is 127. The number of nitrogens with zero attached hydrogens (tertiary/aromatic N) is 1. The summed E-state index contributed by atoms with van der Waals surface area (Å²) in [6.07, 6.45) is 1.69. The summed E-state index contributed by atoms with van der Waals surface area (Å²) >= 11 is 18.8. The lowest BCUT2D eigenvalue weighted by Crippen LogP contribution is -2.05. The van der Waals surface area contributed by atoms with Crippen LogP contribution in [0.25, 0.3) is 6.08 Å². The third-order valence-corrected chi connectivity index (χ3v) is 7.40. The minimum absolute atomic E-state index is 0.196. The van der Waals surface area contributed by atoms with E-state index in [4.69, 9.17) is 32.7 Å². The second kappa shape index (κ2) is 10.6. The molecular formula is C23H12Cl2I3NO3. The Morgan fingerprint density at radius 2 is 1.72 bits per heavy atom. The quantitative estimate of drug-likeness (QED) is 0.151. The molecule has 0 amide bonds. The third-order valence-electron chi connectivity index (χ3n) is 4.38. The lowest BCUT2D eigenvalue weighted by atomic mass is 10.2. The molecule has 0 saturated carbocycles. The zero-order valence-corrected chi connectivity index (χ0v) is 24.0. The fourth-order valence-electron chi connectivity index (χ4n) is 2.90. The van der Waals surface area contributed by atoms with E-state index in [2.05, 4.69) is 78.8 Å². The molecule has 0 saturated heterocycles. The monoisotopic (exact) mass is 801 g/mol. The molecule has 4 rings (SSSR count). The zero-order valence-electron chi connectivity index (χ0n) is 16.0. The summed E-state index contributed by atoms with van der Waals surface area (Å²) in [6.45, 7) is 0.479. The molecule has 3 aromatic carbocycles. The van der Waals surface area contributed by atoms with Gasteiger partial charge in [0.15, 0.2) is 5.70 Å². The number of hydrogen-bond acceptors (Lipinski definition) is 4. The molecule has 0 N–H and O–H groups in total. The minimum Gasteiger partial charge on any atom is -0.487 e. The first-order valence-electron chi connectivity index (χ1n) is 9.14. The van der Waals surface area contributed by atoms with Crippen molar-refractivity contribution in [3.05, 3.63) is 97.7 Å². The van der Waals surface area contributed by atoms with Gasteiger partial charge in [-0.1, -0.05) is 35.3 Å². The normalized spacial score (nSPS) is 14.5. The maximum atomic E-state index is 12.3. The van der Waals surface area contributed by atoms with Gasteiger partial charge in [0.05, 0.1) is 17.2 Å². The van der Waals surface area contributed by atoms with Gasteiger partial charge in [-0.3, -0.25) is 0 Å². The molecule has 3 aromatic rings. The van der Waals surface area contributed by atoms with E-state index in [1.807, 2.05) is 30.3 Å². The molecule has 1 aliphatic rings. The molecule has 9 heteroatoms. The number of cyclic esters (lactones) is 1. The van der Waals surface area contributed by atoms with E-state index in [9.17, 15) is 4.79 Å². The molecule has 0 atom stereocenters. The zero-order chi connectivity index (χ0) is 22.8. The predicted molar refractivity (Wildman–Crippen MR) is 152 cm³/mol. The van der Waals surface area contributed by atoms with E-state index < -0.39 is 5.97 Å². The highest BCUT2D eigenvalue weighted by molar-refractivity contribution is 14.1. The first-order valence-corrected chi connectivity index (χ1v) is 13.1. The van der Waals surface area contributed by atoms with Crippen LogP contribution in [0.15, 0.2) is 65.3 Å². The van der Waals surface area contributed by atoms with Crippen molar-refractivity contribution in [2.75, 3.05) is 0 Å². The van der Waals surface area contributed by atoms with E-state index in [0.29, 0.717) is 22.2 Å². The van der Waals surface area contributed by atoms with Crippen LogP contribution in [0, 0.1) is 10.7 Å². The van der Waals surface area contributed by atoms with Crippen molar-refractivity contribution in [1.29, 1.82) is 0 Å². The van der Waals surface area contributed by atoms with Crippen molar-refractivity contribution < 1.29 is 14.3 Å². The van der Waals surface area contributed by atoms with Crippen LogP contribution in [0.2, 0.25) is 10.0 Å². The number of rotatable bonds is 5. The topological polar surface area (TPSA) is 47.9 Å². The number of benzene rings is 3. The van der Waals surface area contributed by atoms with Crippen LogP contribution >= 0.6 is 91.0 Å². The predicted octanol–water partition coefficient (Wildman–Crippen LogP) is 7.73. The van der Waals surface area contributed by atoms with Gasteiger partial charge < -0.3 is 9.47 Å². The van der Waals surface area contributed by atoms with E-state index in [1.54, 1.807) is 24.3 Å². The molecule has 0 fully saturated rings. The van der Waals surface area contributed by atoms with Crippen LogP contribution in [-0.2, 0) is 16.1 Å². The fourth-order valence-corrected chi connectivity index (χ4v) is 5.94. The Balaban J connectivity index is 1.56. The number of esters is 1. The SMILES string of the molecule is O=C1OC(c2ccc(Cl)c(Cl)c2)=N/C1=C\c1cc(I)c(OCc2cccc(I)c2)c(I)c1.